The minimum absolute atomic E-state index is 0.0199. The van der Waals surface area contributed by atoms with Crippen molar-refractivity contribution in [3.63, 3.8) is 0 Å². The first-order valence-corrected chi connectivity index (χ1v) is 17.3. The van der Waals surface area contributed by atoms with Crippen molar-refractivity contribution in [3.05, 3.63) is 62.5 Å². The standard InChI is InChI=1S/C33H37ClN6O10S/c1-15-16(2)51-30-22(15)27(18-4-6-19(34)7-5-18)37-20(28-39-38-17(3)40(28)30)14-21(41)35-8-10-49-12-13-50-11-9-36-29(42)23-24(31(43)44)26(33(47)48)25(23)32(45)46/h4-7,20,23-26H,8-14H2,1-3H3,(H,35,41)(H,36,42)(H,43,44)(H,45,46)(H,47,48)/t20-,23?,24?,25?,26?/m0/s1. The number of rotatable bonds is 16. The number of aliphatic imine (C=N–C) groups is 1. The van der Waals surface area contributed by atoms with Gasteiger partial charge >= 0.3 is 17.9 Å². The molecule has 1 aromatic carbocycles. The summed E-state index contributed by atoms with van der Waals surface area (Å²) < 4.78 is 12.9. The molecular weight excluding hydrogens is 708 g/mol. The lowest BCUT2D eigenvalue weighted by Crippen LogP contribution is -2.62. The topological polar surface area (TPSA) is 232 Å². The zero-order valence-electron chi connectivity index (χ0n) is 27.9. The molecule has 3 aromatic rings. The maximum Gasteiger partial charge on any atom is 0.308 e. The fourth-order valence-corrected chi connectivity index (χ4v) is 7.66. The predicted molar refractivity (Wildman–Crippen MR) is 182 cm³/mol. The lowest BCUT2D eigenvalue weighted by molar-refractivity contribution is -0.187. The van der Waals surface area contributed by atoms with E-state index in [2.05, 4.69) is 34.7 Å². The van der Waals surface area contributed by atoms with Gasteiger partial charge in [-0.05, 0) is 38.5 Å². The van der Waals surface area contributed by atoms with Crippen LogP contribution >= 0.6 is 22.9 Å². The number of carbonyl (C=O) groups excluding carboxylic acids is 2. The van der Waals surface area contributed by atoms with E-state index in [0.717, 1.165) is 32.3 Å². The average molecular weight is 745 g/mol. The van der Waals surface area contributed by atoms with Crippen LogP contribution in [0.1, 0.15) is 45.7 Å². The number of nitrogens with zero attached hydrogens (tertiary/aromatic N) is 4. The van der Waals surface area contributed by atoms with E-state index >= 15 is 0 Å². The van der Waals surface area contributed by atoms with Gasteiger partial charge in [0, 0.05) is 34.1 Å². The Balaban J connectivity index is 1.07. The quantitative estimate of drug-likeness (QED) is 0.133. The Labute approximate surface area is 300 Å². The summed E-state index contributed by atoms with van der Waals surface area (Å²) in [5, 5.41) is 43.4. The monoisotopic (exact) mass is 744 g/mol. The first-order chi connectivity index (χ1) is 24.3. The minimum atomic E-state index is -1.69. The SMILES string of the molecule is Cc1sc2c(c1C)C(c1ccc(Cl)cc1)=N[C@@H](CC(=O)NCCOCCOCCNC(=O)C1C(C(=O)O)C(C(=O)O)C1C(=O)O)c1nnc(C)n1-2. The smallest absolute Gasteiger partial charge is 0.308 e. The van der Waals surface area contributed by atoms with Crippen molar-refractivity contribution in [1.29, 1.82) is 0 Å². The third kappa shape index (κ3) is 7.96. The summed E-state index contributed by atoms with van der Waals surface area (Å²) in [5.74, 6) is -11.0. The van der Waals surface area contributed by atoms with Gasteiger partial charge in [0.25, 0.3) is 0 Å². The van der Waals surface area contributed by atoms with Crippen LogP contribution in [0.4, 0.5) is 0 Å². The first-order valence-electron chi connectivity index (χ1n) is 16.1. The van der Waals surface area contributed by atoms with Crippen molar-refractivity contribution in [1.82, 2.24) is 25.4 Å². The lowest BCUT2D eigenvalue weighted by atomic mass is 9.56. The van der Waals surface area contributed by atoms with Crippen molar-refractivity contribution < 1.29 is 48.8 Å². The molecule has 5 N–H and O–H groups in total. The van der Waals surface area contributed by atoms with Gasteiger partial charge in [-0.15, -0.1) is 21.5 Å². The number of amides is 2. The van der Waals surface area contributed by atoms with Crippen LogP contribution in [0, 0.1) is 44.4 Å². The molecule has 51 heavy (non-hydrogen) atoms. The number of nitrogens with one attached hydrogen (secondary N) is 2. The summed E-state index contributed by atoms with van der Waals surface area (Å²) >= 11 is 7.80. The number of carboxylic acid groups (broad SMARTS) is 3. The molecule has 2 unspecified atom stereocenters. The van der Waals surface area contributed by atoms with E-state index in [-0.39, 0.29) is 51.8 Å². The van der Waals surface area contributed by atoms with Crippen LogP contribution in [0.2, 0.25) is 5.02 Å². The number of fused-ring (bicyclic) bond motifs is 3. The highest BCUT2D eigenvalue weighted by Crippen LogP contribution is 2.47. The molecule has 16 nitrogen and oxygen atoms in total. The molecule has 0 bridgehead atoms. The molecule has 2 aliphatic rings. The van der Waals surface area contributed by atoms with Gasteiger partial charge < -0.3 is 35.4 Å². The predicted octanol–water partition coefficient (Wildman–Crippen LogP) is 2.19. The number of thiophene rings is 1. The second-order valence-corrected chi connectivity index (χ2v) is 13.7. The maximum atomic E-state index is 13.1. The summed E-state index contributed by atoms with van der Waals surface area (Å²) in [6.45, 7) is 6.69. The van der Waals surface area contributed by atoms with Gasteiger partial charge in [0.2, 0.25) is 11.8 Å². The van der Waals surface area contributed by atoms with Crippen LogP contribution in [0.5, 0.6) is 0 Å². The summed E-state index contributed by atoms with van der Waals surface area (Å²) in [6.07, 6.45) is 0.0231. The molecule has 1 aliphatic heterocycles. The third-order valence-corrected chi connectivity index (χ3v) is 10.4. The molecule has 3 heterocycles. The average Bonchev–Trinajstić information content (AvgIpc) is 3.52. The lowest BCUT2D eigenvalue weighted by Gasteiger charge is -2.43. The number of halogens is 1. The molecule has 5 rings (SSSR count). The van der Waals surface area contributed by atoms with Crippen molar-refractivity contribution >= 4 is 58.4 Å². The van der Waals surface area contributed by atoms with Crippen molar-refractivity contribution in [3.8, 4) is 5.00 Å². The van der Waals surface area contributed by atoms with Crippen LogP contribution < -0.4 is 10.6 Å². The molecule has 1 fully saturated rings. The molecule has 2 aromatic heterocycles. The van der Waals surface area contributed by atoms with E-state index < -0.39 is 53.5 Å². The fourth-order valence-electron chi connectivity index (χ4n) is 6.32. The Kier molecular flexibility index (Phi) is 11.8. The number of aromatic nitrogens is 3. The normalized spacial score (nSPS) is 20.6. The number of benzene rings is 1. The van der Waals surface area contributed by atoms with Crippen molar-refractivity contribution in [2.75, 3.05) is 39.5 Å². The largest absolute Gasteiger partial charge is 0.481 e. The molecule has 2 amide bonds. The van der Waals surface area contributed by atoms with Crippen LogP contribution in [0.3, 0.4) is 0 Å². The summed E-state index contributed by atoms with van der Waals surface area (Å²) in [6, 6.07) is 6.81. The third-order valence-electron chi connectivity index (χ3n) is 8.93. The van der Waals surface area contributed by atoms with E-state index in [4.69, 9.17) is 26.1 Å². The van der Waals surface area contributed by atoms with Crippen molar-refractivity contribution in [2.24, 2.45) is 28.7 Å². The Bertz CT molecular complexity index is 1840. The molecule has 1 aliphatic carbocycles. The second-order valence-electron chi connectivity index (χ2n) is 12.1. The van der Waals surface area contributed by atoms with Gasteiger partial charge in [-0.1, -0.05) is 23.7 Å². The Morgan fingerprint density at radius 2 is 1.39 bits per heavy atom. The summed E-state index contributed by atoms with van der Waals surface area (Å²) in [5.41, 5.74) is 3.67. The molecule has 18 heteroatoms. The van der Waals surface area contributed by atoms with Gasteiger partial charge in [-0.3, -0.25) is 33.5 Å². The number of hydrogen-bond acceptors (Lipinski definition) is 11. The molecule has 1 saturated carbocycles. The zero-order chi connectivity index (χ0) is 37.0. The number of aryl methyl sites for hydroxylation is 2. The highest BCUT2D eigenvalue weighted by Gasteiger charge is 2.64. The highest BCUT2D eigenvalue weighted by atomic mass is 35.5. The van der Waals surface area contributed by atoms with Gasteiger partial charge in [-0.25, -0.2) is 0 Å². The molecule has 0 saturated heterocycles. The van der Waals surface area contributed by atoms with Crippen LogP contribution in [-0.2, 0) is 33.4 Å². The minimum Gasteiger partial charge on any atom is -0.481 e. The first kappa shape index (κ1) is 37.5. The molecular formula is C33H37ClN6O10S. The van der Waals surface area contributed by atoms with Gasteiger partial charge in [-0.2, -0.15) is 0 Å². The summed E-state index contributed by atoms with van der Waals surface area (Å²) in [4.78, 5) is 66.2. The number of aliphatic carboxylic acids is 3. The maximum absolute atomic E-state index is 13.1. The van der Waals surface area contributed by atoms with E-state index in [1.54, 1.807) is 23.5 Å². The summed E-state index contributed by atoms with van der Waals surface area (Å²) in [7, 11) is 0. The van der Waals surface area contributed by atoms with Crippen molar-refractivity contribution in [2.45, 2.75) is 33.2 Å². The molecule has 0 spiro atoms. The molecule has 0 radical (unpaired) electrons. The number of ether oxygens (including phenoxy) is 2. The zero-order valence-corrected chi connectivity index (χ0v) is 29.5. The number of carboxylic acids is 3. The fraction of sp³-hybridized carbons (Fsp3) is 0.455. The number of carbonyl (C=O) groups is 5. The molecule has 272 valence electrons. The highest BCUT2D eigenvalue weighted by molar-refractivity contribution is 7.15. The van der Waals surface area contributed by atoms with E-state index in [0.29, 0.717) is 16.7 Å². The van der Waals surface area contributed by atoms with Gasteiger partial charge in [0.1, 0.15) is 16.9 Å². The number of hydrogen-bond donors (Lipinski definition) is 5. The van der Waals surface area contributed by atoms with Gasteiger partial charge in [0.05, 0.1) is 62.2 Å². The Hall–Kier alpha value is -4.71. The van der Waals surface area contributed by atoms with E-state index in [1.165, 1.54) is 0 Å². The van der Waals surface area contributed by atoms with E-state index in [9.17, 15) is 39.3 Å². The Morgan fingerprint density at radius 1 is 0.824 bits per heavy atom. The van der Waals surface area contributed by atoms with E-state index in [1.807, 2.05) is 23.6 Å². The van der Waals surface area contributed by atoms with Crippen LogP contribution in [-0.4, -0.2) is 105 Å². The van der Waals surface area contributed by atoms with Gasteiger partial charge in [0.15, 0.2) is 5.82 Å². The second kappa shape index (κ2) is 16.1. The van der Waals surface area contributed by atoms with Crippen LogP contribution in [0.25, 0.3) is 5.00 Å². The molecule has 3 atom stereocenters. The van der Waals surface area contributed by atoms with Crippen LogP contribution in [0.15, 0.2) is 29.3 Å². The Morgan fingerprint density at radius 3 is 1.98 bits per heavy atom.